The van der Waals surface area contributed by atoms with Crippen LogP contribution in [0.2, 0.25) is 0 Å². The second kappa shape index (κ2) is 6.17. The van der Waals surface area contributed by atoms with Gasteiger partial charge in [0, 0.05) is 18.2 Å². The van der Waals surface area contributed by atoms with E-state index in [1.807, 2.05) is 53.9 Å². The van der Waals surface area contributed by atoms with Crippen LogP contribution in [0, 0.1) is 18.3 Å². The number of benzene rings is 2. The van der Waals surface area contributed by atoms with Crippen molar-refractivity contribution in [3.05, 3.63) is 83.6 Å². The highest BCUT2D eigenvalue weighted by molar-refractivity contribution is 5.70. The molecule has 2 heterocycles. The summed E-state index contributed by atoms with van der Waals surface area (Å²) in [7, 11) is 0. The zero-order chi connectivity index (χ0) is 17.2. The quantitative estimate of drug-likeness (QED) is 0.577. The summed E-state index contributed by atoms with van der Waals surface area (Å²) >= 11 is 0. The number of nitrogens with zero attached hydrogens (tertiary/aromatic N) is 5. The molecule has 5 nitrogen and oxygen atoms in total. The van der Waals surface area contributed by atoms with E-state index in [9.17, 15) is 5.26 Å². The minimum Gasteiger partial charge on any atom is -0.269 e. The lowest BCUT2D eigenvalue weighted by atomic mass is 9.98. The van der Waals surface area contributed by atoms with Crippen LogP contribution in [0.4, 0.5) is 0 Å². The van der Waals surface area contributed by atoms with Gasteiger partial charge >= 0.3 is 0 Å². The predicted octanol–water partition coefficient (Wildman–Crippen LogP) is 3.56. The predicted molar refractivity (Wildman–Crippen MR) is 94.9 cm³/mol. The van der Waals surface area contributed by atoms with E-state index in [-0.39, 0.29) is 0 Å². The van der Waals surface area contributed by atoms with E-state index in [1.165, 1.54) is 0 Å². The molecule has 0 N–H and O–H groups in total. The summed E-state index contributed by atoms with van der Waals surface area (Å²) < 4.78 is 1.90. The van der Waals surface area contributed by atoms with Crippen molar-refractivity contribution in [2.75, 3.05) is 0 Å². The maximum absolute atomic E-state index is 9.26. The highest BCUT2D eigenvalue weighted by Gasteiger charge is 2.09. The summed E-state index contributed by atoms with van der Waals surface area (Å²) in [6.45, 7) is 1.91. The molecule has 0 atom stereocenters. The van der Waals surface area contributed by atoms with Crippen LogP contribution in [0.15, 0.2) is 61.1 Å². The fraction of sp³-hybridized carbons (Fsp3) is 0.100. The van der Waals surface area contributed by atoms with Gasteiger partial charge in [0.1, 0.15) is 12.2 Å². The van der Waals surface area contributed by atoms with Gasteiger partial charge in [-0.25, -0.2) is 4.98 Å². The lowest BCUT2D eigenvalue weighted by Crippen LogP contribution is -1.97. The van der Waals surface area contributed by atoms with Crippen molar-refractivity contribution in [1.82, 2.24) is 19.6 Å². The van der Waals surface area contributed by atoms with Crippen molar-refractivity contribution in [3.63, 3.8) is 0 Å². The minimum absolute atomic E-state index is 0.683. The van der Waals surface area contributed by atoms with Gasteiger partial charge in [-0.05, 0) is 29.7 Å². The fourth-order valence-electron chi connectivity index (χ4n) is 2.95. The molecule has 0 aliphatic carbocycles. The minimum atomic E-state index is 0.683. The highest BCUT2D eigenvalue weighted by Crippen LogP contribution is 2.24. The number of aromatic nitrogens is 4. The molecule has 5 heteroatoms. The molecule has 0 saturated carbocycles. The van der Waals surface area contributed by atoms with Gasteiger partial charge in [-0.15, -0.1) is 10.2 Å². The Balaban J connectivity index is 1.66. The Kier molecular flexibility index (Phi) is 3.71. The second-order valence-electron chi connectivity index (χ2n) is 5.89. The summed E-state index contributed by atoms with van der Waals surface area (Å²) in [5.74, 6) is 0.827. The normalized spacial score (nSPS) is 10.7. The first-order valence-corrected chi connectivity index (χ1v) is 7.99. The monoisotopic (exact) mass is 325 g/mol. The topological polar surface area (TPSA) is 66.9 Å². The van der Waals surface area contributed by atoms with E-state index in [1.54, 1.807) is 6.33 Å². The Bertz CT molecular complexity index is 1090. The first-order valence-electron chi connectivity index (χ1n) is 7.99. The van der Waals surface area contributed by atoms with Crippen molar-refractivity contribution in [1.29, 1.82) is 5.26 Å². The molecule has 0 amide bonds. The molecule has 0 fully saturated rings. The van der Waals surface area contributed by atoms with Crippen molar-refractivity contribution < 1.29 is 0 Å². The zero-order valence-corrected chi connectivity index (χ0v) is 13.7. The van der Waals surface area contributed by atoms with E-state index in [4.69, 9.17) is 0 Å². The number of fused-ring (bicyclic) bond motifs is 1. The summed E-state index contributed by atoms with van der Waals surface area (Å²) in [6, 6.07) is 18.1. The molecule has 0 unspecified atom stereocenters. The average molecular weight is 325 g/mol. The van der Waals surface area contributed by atoms with Gasteiger partial charge in [0.15, 0.2) is 5.65 Å². The van der Waals surface area contributed by atoms with Crippen LogP contribution >= 0.6 is 0 Å². The molecular weight excluding hydrogens is 310 g/mol. The van der Waals surface area contributed by atoms with Crippen molar-refractivity contribution in [2.24, 2.45) is 0 Å². The molecule has 0 aliphatic rings. The van der Waals surface area contributed by atoms with Crippen LogP contribution in [-0.4, -0.2) is 19.6 Å². The van der Waals surface area contributed by atoms with Gasteiger partial charge in [-0.1, -0.05) is 42.5 Å². The number of hydrogen-bond acceptors (Lipinski definition) is 4. The number of aryl methyl sites for hydroxylation is 1. The van der Waals surface area contributed by atoms with Crippen molar-refractivity contribution >= 4 is 5.65 Å². The molecule has 2 aromatic heterocycles. The van der Waals surface area contributed by atoms with E-state index in [0.717, 1.165) is 40.1 Å². The lowest BCUT2D eigenvalue weighted by molar-refractivity contribution is 0.974. The van der Waals surface area contributed by atoms with E-state index in [0.29, 0.717) is 5.56 Å². The van der Waals surface area contributed by atoms with Gasteiger partial charge in [0.05, 0.1) is 11.6 Å². The van der Waals surface area contributed by atoms with Crippen LogP contribution in [0.25, 0.3) is 16.8 Å². The van der Waals surface area contributed by atoms with Crippen LogP contribution in [0.3, 0.4) is 0 Å². The van der Waals surface area contributed by atoms with Gasteiger partial charge in [0.2, 0.25) is 0 Å². The van der Waals surface area contributed by atoms with Crippen molar-refractivity contribution in [3.8, 4) is 17.2 Å². The van der Waals surface area contributed by atoms with Gasteiger partial charge in [-0.3, -0.25) is 4.40 Å². The molecule has 0 radical (unpaired) electrons. The first kappa shape index (κ1) is 15.0. The molecule has 0 saturated heterocycles. The standard InChI is InChI=1S/C20H15N5/c1-14-23-24-20-18(12-22-13-25(14)20)10-15-6-8-16(9-7-15)19-5-3-2-4-17(19)11-21/h2-9,12-13H,10H2,1H3. The van der Waals surface area contributed by atoms with Crippen LogP contribution in [0.1, 0.15) is 22.5 Å². The molecule has 25 heavy (non-hydrogen) atoms. The van der Waals surface area contributed by atoms with Gasteiger partial charge in [0.25, 0.3) is 0 Å². The Hall–Kier alpha value is -3.52. The lowest BCUT2D eigenvalue weighted by Gasteiger charge is -2.07. The summed E-state index contributed by atoms with van der Waals surface area (Å²) in [4.78, 5) is 4.28. The van der Waals surface area contributed by atoms with E-state index >= 15 is 0 Å². The van der Waals surface area contributed by atoms with E-state index < -0.39 is 0 Å². The van der Waals surface area contributed by atoms with Gasteiger partial charge in [-0.2, -0.15) is 5.26 Å². The smallest absolute Gasteiger partial charge is 0.167 e. The zero-order valence-electron chi connectivity index (χ0n) is 13.7. The van der Waals surface area contributed by atoms with Crippen molar-refractivity contribution in [2.45, 2.75) is 13.3 Å². The van der Waals surface area contributed by atoms with Gasteiger partial charge < -0.3 is 0 Å². The third-order valence-corrected chi connectivity index (χ3v) is 4.27. The SMILES string of the molecule is Cc1nnc2c(Cc3ccc(-c4ccccc4C#N)cc3)cncn12. The summed E-state index contributed by atoms with van der Waals surface area (Å²) in [5, 5.41) is 17.6. The number of nitriles is 1. The Morgan fingerprint density at radius 3 is 2.64 bits per heavy atom. The van der Waals surface area contributed by atoms with Crippen LogP contribution < -0.4 is 0 Å². The Morgan fingerprint density at radius 1 is 1.04 bits per heavy atom. The van der Waals surface area contributed by atoms with Crippen LogP contribution in [0.5, 0.6) is 0 Å². The molecule has 4 aromatic rings. The molecule has 0 bridgehead atoms. The summed E-state index contributed by atoms with van der Waals surface area (Å²) in [5.41, 5.74) is 5.71. The molecular formula is C20H15N5. The summed E-state index contributed by atoms with van der Waals surface area (Å²) in [6.07, 6.45) is 4.30. The Labute approximate surface area is 145 Å². The third-order valence-electron chi connectivity index (χ3n) is 4.27. The fourth-order valence-corrected chi connectivity index (χ4v) is 2.95. The second-order valence-corrected chi connectivity index (χ2v) is 5.89. The molecule has 0 aliphatic heterocycles. The molecule has 120 valence electrons. The Morgan fingerprint density at radius 2 is 1.84 bits per heavy atom. The van der Waals surface area contributed by atoms with E-state index in [2.05, 4.69) is 33.4 Å². The molecule has 2 aromatic carbocycles. The molecule has 0 spiro atoms. The average Bonchev–Trinajstić information content (AvgIpc) is 3.05. The highest BCUT2D eigenvalue weighted by atomic mass is 15.3. The molecule has 4 rings (SSSR count). The number of rotatable bonds is 3. The first-order chi connectivity index (χ1) is 12.3. The largest absolute Gasteiger partial charge is 0.269 e. The maximum Gasteiger partial charge on any atom is 0.167 e. The number of hydrogen-bond donors (Lipinski definition) is 0. The maximum atomic E-state index is 9.26. The van der Waals surface area contributed by atoms with Crippen LogP contribution in [-0.2, 0) is 6.42 Å². The third kappa shape index (κ3) is 2.74.